The molecule has 1 amide bonds. The van der Waals surface area contributed by atoms with Gasteiger partial charge in [-0.1, -0.05) is 25.0 Å². The molecule has 0 bridgehead atoms. The highest BCUT2D eigenvalue weighted by molar-refractivity contribution is 5.77. The summed E-state index contributed by atoms with van der Waals surface area (Å²) in [6.45, 7) is 0.854. The number of aryl methyl sites for hydroxylation is 2. The number of rotatable bonds is 7. The Kier molecular flexibility index (Phi) is 5.28. The van der Waals surface area contributed by atoms with Crippen LogP contribution in [0.2, 0.25) is 0 Å². The fraction of sp³-hybridized carbons (Fsp3) is 0.556. The summed E-state index contributed by atoms with van der Waals surface area (Å²) < 4.78 is 7.74. The van der Waals surface area contributed by atoms with Crippen LogP contribution >= 0.6 is 0 Å². The zero-order chi connectivity index (χ0) is 16.1. The Balaban J connectivity index is 1.38. The van der Waals surface area contributed by atoms with Crippen LogP contribution in [0.3, 0.4) is 0 Å². The van der Waals surface area contributed by atoms with E-state index in [1.54, 1.807) is 0 Å². The zero-order valence-corrected chi connectivity index (χ0v) is 13.8. The first kappa shape index (κ1) is 16.0. The molecule has 3 rings (SSSR count). The van der Waals surface area contributed by atoms with Gasteiger partial charge in [-0.3, -0.25) is 4.79 Å². The molecule has 0 spiro atoms. The summed E-state index contributed by atoms with van der Waals surface area (Å²) in [4.78, 5) is 16.4. The predicted octanol–water partition coefficient (Wildman–Crippen LogP) is 2.58. The molecule has 0 atom stereocenters. The van der Waals surface area contributed by atoms with E-state index in [4.69, 9.17) is 4.74 Å². The number of carbonyl (C=O) groups is 1. The van der Waals surface area contributed by atoms with Crippen molar-refractivity contribution in [3.8, 4) is 0 Å². The number of carbonyl (C=O) groups excluding carboxylic acids is 1. The number of aromatic nitrogens is 2. The van der Waals surface area contributed by atoms with E-state index in [9.17, 15) is 4.79 Å². The molecule has 23 heavy (non-hydrogen) atoms. The maximum Gasteiger partial charge on any atom is 0.246 e. The number of ether oxygens (including phenoxy) is 1. The van der Waals surface area contributed by atoms with E-state index < -0.39 is 0 Å². The second kappa shape index (κ2) is 7.59. The molecule has 1 aliphatic rings. The largest absolute Gasteiger partial charge is 0.368 e. The fourth-order valence-electron chi connectivity index (χ4n) is 3.19. The number of hydrogen-bond donors (Lipinski definition) is 1. The van der Waals surface area contributed by atoms with Crippen molar-refractivity contribution in [1.29, 1.82) is 0 Å². The molecule has 0 saturated heterocycles. The quantitative estimate of drug-likeness (QED) is 0.799. The molecular weight excluding hydrogens is 290 g/mol. The van der Waals surface area contributed by atoms with Gasteiger partial charge in [0.15, 0.2) is 0 Å². The average molecular weight is 315 g/mol. The van der Waals surface area contributed by atoms with Crippen molar-refractivity contribution in [3.63, 3.8) is 0 Å². The highest BCUT2D eigenvalue weighted by Gasteiger charge is 2.16. The Morgan fingerprint density at radius 1 is 1.35 bits per heavy atom. The molecule has 0 aliphatic heterocycles. The van der Waals surface area contributed by atoms with E-state index in [0.29, 0.717) is 12.6 Å². The van der Waals surface area contributed by atoms with Crippen molar-refractivity contribution < 1.29 is 9.53 Å². The third-order valence-corrected chi connectivity index (χ3v) is 4.53. The second-order valence-corrected chi connectivity index (χ2v) is 6.25. The van der Waals surface area contributed by atoms with Gasteiger partial charge < -0.3 is 14.6 Å². The Bertz CT molecular complexity index is 659. The number of amides is 1. The van der Waals surface area contributed by atoms with Gasteiger partial charge in [-0.05, 0) is 31.4 Å². The van der Waals surface area contributed by atoms with Crippen LogP contribution in [0.4, 0.5) is 0 Å². The standard InChI is InChI=1S/C18H25N3O2/c1-21-16-10-5-4-9-15(16)20-17(21)11-6-12-19-18(22)13-23-14-7-2-3-8-14/h4-5,9-10,14H,2-3,6-8,11-13H2,1H3,(H,19,22). The van der Waals surface area contributed by atoms with Crippen molar-refractivity contribution in [2.24, 2.45) is 7.05 Å². The van der Waals surface area contributed by atoms with Gasteiger partial charge in [0, 0.05) is 20.0 Å². The smallest absolute Gasteiger partial charge is 0.246 e. The summed E-state index contributed by atoms with van der Waals surface area (Å²) in [6.07, 6.45) is 6.68. The van der Waals surface area contributed by atoms with Gasteiger partial charge in [0.1, 0.15) is 12.4 Å². The van der Waals surface area contributed by atoms with Crippen LogP contribution in [-0.4, -0.2) is 34.7 Å². The molecule has 5 nitrogen and oxygen atoms in total. The summed E-state index contributed by atoms with van der Waals surface area (Å²) in [6, 6.07) is 8.14. The number of para-hydroxylation sites is 2. The normalized spacial score (nSPS) is 15.3. The Hall–Kier alpha value is -1.88. The molecular formula is C18H25N3O2. The van der Waals surface area contributed by atoms with Crippen LogP contribution in [0.15, 0.2) is 24.3 Å². The molecule has 2 aromatic rings. The number of fused-ring (bicyclic) bond motifs is 1. The summed E-state index contributed by atoms with van der Waals surface area (Å²) in [5, 5.41) is 2.93. The van der Waals surface area contributed by atoms with Crippen molar-refractivity contribution >= 4 is 16.9 Å². The number of benzene rings is 1. The fourth-order valence-corrected chi connectivity index (χ4v) is 3.19. The van der Waals surface area contributed by atoms with E-state index in [2.05, 4.69) is 20.9 Å². The van der Waals surface area contributed by atoms with Crippen LogP contribution in [0.25, 0.3) is 11.0 Å². The van der Waals surface area contributed by atoms with E-state index in [0.717, 1.165) is 42.5 Å². The maximum atomic E-state index is 11.8. The summed E-state index contributed by atoms with van der Waals surface area (Å²) >= 11 is 0. The number of imidazole rings is 1. The minimum Gasteiger partial charge on any atom is -0.368 e. The molecule has 0 radical (unpaired) electrons. The third kappa shape index (κ3) is 4.10. The molecule has 0 unspecified atom stereocenters. The van der Waals surface area contributed by atoms with Crippen molar-refractivity contribution in [3.05, 3.63) is 30.1 Å². The van der Waals surface area contributed by atoms with Crippen LogP contribution < -0.4 is 5.32 Å². The van der Waals surface area contributed by atoms with Gasteiger partial charge in [-0.2, -0.15) is 0 Å². The molecule has 1 heterocycles. The molecule has 1 fully saturated rings. The highest BCUT2D eigenvalue weighted by atomic mass is 16.5. The van der Waals surface area contributed by atoms with Gasteiger partial charge in [0.2, 0.25) is 5.91 Å². The van der Waals surface area contributed by atoms with Gasteiger partial charge in [-0.15, -0.1) is 0 Å². The van der Waals surface area contributed by atoms with Gasteiger partial charge in [0.25, 0.3) is 0 Å². The Morgan fingerprint density at radius 3 is 2.91 bits per heavy atom. The van der Waals surface area contributed by atoms with E-state index in [-0.39, 0.29) is 12.5 Å². The van der Waals surface area contributed by atoms with E-state index in [1.807, 2.05) is 25.2 Å². The lowest BCUT2D eigenvalue weighted by Gasteiger charge is -2.11. The van der Waals surface area contributed by atoms with Crippen molar-refractivity contribution in [2.75, 3.05) is 13.2 Å². The van der Waals surface area contributed by atoms with Crippen LogP contribution in [0.1, 0.15) is 37.9 Å². The first-order valence-electron chi connectivity index (χ1n) is 8.52. The van der Waals surface area contributed by atoms with E-state index in [1.165, 1.54) is 12.8 Å². The van der Waals surface area contributed by atoms with Gasteiger partial charge >= 0.3 is 0 Å². The average Bonchev–Trinajstić information content (AvgIpc) is 3.19. The summed E-state index contributed by atoms with van der Waals surface area (Å²) in [5.41, 5.74) is 2.18. The lowest BCUT2D eigenvalue weighted by Crippen LogP contribution is -2.30. The highest BCUT2D eigenvalue weighted by Crippen LogP contribution is 2.20. The van der Waals surface area contributed by atoms with Crippen LogP contribution in [0, 0.1) is 0 Å². The lowest BCUT2D eigenvalue weighted by molar-refractivity contribution is -0.127. The number of nitrogens with zero attached hydrogens (tertiary/aromatic N) is 2. The molecule has 124 valence electrons. The number of nitrogens with one attached hydrogen (secondary N) is 1. The lowest BCUT2D eigenvalue weighted by atomic mass is 10.3. The van der Waals surface area contributed by atoms with Gasteiger partial charge in [0.05, 0.1) is 17.1 Å². The van der Waals surface area contributed by atoms with E-state index >= 15 is 0 Å². The molecule has 1 aromatic heterocycles. The van der Waals surface area contributed by atoms with Crippen molar-refractivity contribution in [2.45, 2.75) is 44.6 Å². The van der Waals surface area contributed by atoms with Gasteiger partial charge in [-0.25, -0.2) is 4.98 Å². The minimum atomic E-state index is -0.0121. The monoisotopic (exact) mass is 315 g/mol. The predicted molar refractivity (Wildman–Crippen MR) is 90.3 cm³/mol. The Labute approximate surface area is 137 Å². The molecule has 1 aromatic carbocycles. The molecule has 1 aliphatic carbocycles. The summed E-state index contributed by atoms with van der Waals surface area (Å²) in [7, 11) is 2.04. The first-order chi connectivity index (χ1) is 11.2. The van der Waals surface area contributed by atoms with Crippen LogP contribution in [-0.2, 0) is 23.0 Å². The first-order valence-corrected chi connectivity index (χ1v) is 8.52. The third-order valence-electron chi connectivity index (χ3n) is 4.53. The number of hydrogen-bond acceptors (Lipinski definition) is 3. The minimum absolute atomic E-state index is 0.0121. The van der Waals surface area contributed by atoms with Crippen LogP contribution in [0.5, 0.6) is 0 Å². The van der Waals surface area contributed by atoms with Crippen molar-refractivity contribution in [1.82, 2.24) is 14.9 Å². The zero-order valence-electron chi connectivity index (χ0n) is 13.8. The molecule has 5 heteroatoms. The molecule has 1 saturated carbocycles. The topological polar surface area (TPSA) is 56.2 Å². The summed E-state index contributed by atoms with van der Waals surface area (Å²) in [5.74, 6) is 1.05. The molecule has 1 N–H and O–H groups in total. The maximum absolute atomic E-state index is 11.8. The SMILES string of the molecule is Cn1c(CCCNC(=O)COC2CCCC2)nc2ccccc21. The Morgan fingerprint density at radius 2 is 2.13 bits per heavy atom. The second-order valence-electron chi connectivity index (χ2n) is 6.25.